The molecule has 18 heavy (non-hydrogen) atoms. The van der Waals surface area contributed by atoms with E-state index in [1.54, 1.807) is 0 Å². The molecule has 0 rings (SSSR count). The summed E-state index contributed by atoms with van der Waals surface area (Å²) in [6.07, 6.45) is -0.351. The summed E-state index contributed by atoms with van der Waals surface area (Å²) in [7, 11) is 2.99. The Labute approximate surface area is 105 Å². The Hall–Kier alpha value is -1.38. The number of methoxy groups -OCH3 is 2. The van der Waals surface area contributed by atoms with Crippen molar-refractivity contribution in [3.8, 4) is 0 Å². The number of amides is 2. The lowest BCUT2D eigenvalue weighted by atomic mass is 10.2. The summed E-state index contributed by atoms with van der Waals surface area (Å²) in [6.45, 7) is 0.193. The summed E-state index contributed by atoms with van der Waals surface area (Å²) in [6, 6.07) is -1.74. The first-order chi connectivity index (χ1) is 8.54. The van der Waals surface area contributed by atoms with Gasteiger partial charge in [0.05, 0.1) is 12.7 Å². The van der Waals surface area contributed by atoms with E-state index >= 15 is 0 Å². The van der Waals surface area contributed by atoms with Crippen LogP contribution in [0.3, 0.4) is 0 Å². The summed E-state index contributed by atoms with van der Waals surface area (Å²) in [5.74, 6) is -1.20. The van der Waals surface area contributed by atoms with Gasteiger partial charge in [0.25, 0.3) is 0 Å². The Balaban J connectivity index is 4.04. The third kappa shape index (κ3) is 7.05. The highest BCUT2D eigenvalue weighted by molar-refractivity contribution is 5.82. The van der Waals surface area contributed by atoms with Gasteiger partial charge in [0.1, 0.15) is 6.04 Å². The summed E-state index contributed by atoms with van der Waals surface area (Å²) < 4.78 is 9.88. The second-order valence-electron chi connectivity index (χ2n) is 3.57. The maximum Gasteiger partial charge on any atom is 0.326 e. The lowest BCUT2D eigenvalue weighted by Crippen LogP contribution is -2.48. The van der Waals surface area contributed by atoms with Crippen molar-refractivity contribution in [1.82, 2.24) is 10.6 Å². The highest BCUT2D eigenvalue weighted by Crippen LogP contribution is 1.92. The number of aliphatic carboxylic acids is 1. The molecule has 0 aliphatic carbocycles. The Morgan fingerprint density at radius 3 is 2.44 bits per heavy atom. The fourth-order valence-corrected chi connectivity index (χ4v) is 1.20. The number of urea groups is 1. The zero-order valence-corrected chi connectivity index (χ0v) is 10.5. The summed E-state index contributed by atoms with van der Waals surface area (Å²) in [5.41, 5.74) is 0. The first-order valence-electron chi connectivity index (χ1n) is 5.44. The lowest BCUT2D eigenvalue weighted by molar-refractivity contribution is -0.139. The van der Waals surface area contributed by atoms with Gasteiger partial charge in [-0.2, -0.15) is 0 Å². The van der Waals surface area contributed by atoms with Crippen LogP contribution in [-0.2, 0) is 14.3 Å². The molecule has 0 saturated carbocycles. The smallest absolute Gasteiger partial charge is 0.326 e. The molecule has 8 heteroatoms. The van der Waals surface area contributed by atoms with E-state index in [-0.39, 0.29) is 25.7 Å². The van der Waals surface area contributed by atoms with Gasteiger partial charge in [-0.25, -0.2) is 9.59 Å². The van der Waals surface area contributed by atoms with Crippen LogP contribution in [0.4, 0.5) is 4.79 Å². The molecule has 0 aromatic carbocycles. The van der Waals surface area contributed by atoms with E-state index in [9.17, 15) is 9.59 Å². The maximum absolute atomic E-state index is 11.4. The molecule has 0 aromatic rings. The number of hydrogen-bond acceptors (Lipinski definition) is 5. The number of carboxylic acid groups (broad SMARTS) is 1. The van der Waals surface area contributed by atoms with Crippen LogP contribution < -0.4 is 10.6 Å². The second kappa shape index (κ2) is 9.63. The van der Waals surface area contributed by atoms with Crippen molar-refractivity contribution in [2.24, 2.45) is 0 Å². The van der Waals surface area contributed by atoms with Gasteiger partial charge in [-0.3, -0.25) is 0 Å². The molecule has 0 spiro atoms. The van der Waals surface area contributed by atoms with Gasteiger partial charge in [0.2, 0.25) is 0 Å². The van der Waals surface area contributed by atoms with Crippen LogP contribution in [0.25, 0.3) is 0 Å². The van der Waals surface area contributed by atoms with Crippen molar-refractivity contribution in [2.45, 2.75) is 18.6 Å². The Bertz CT molecular complexity index is 261. The highest BCUT2D eigenvalue weighted by Gasteiger charge is 2.19. The van der Waals surface area contributed by atoms with Crippen molar-refractivity contribution in [3.05, 3.63) is 0 Å². The lowest BCUT2D eigenvalue weighted by Gasteiger charge is -2.17. The molecule has 0 aliphatic rings. The number of aliphatic hydroxyl groups is 1. The molecule has 4 N–H and O–H groups in total. The molecule has 2 amide bonds. The predicted octanol–water partition coefficient (Wildman–Crippen LogP) is -1.22. The van der Waals surface area contributed by atoms with Gasteiger partial charge >= 0.3 is 12.0 Å². The van der Waals surface area contributed by atoms with Crippen molar-refractivity contribution >= 4 is 12.0 Å². The van der Waals surface area contributed by atoms with Crippen molar-refractivity contribution in [1.29, 1.82) is 0 Å². The van der Waals surface area contributed by atoms with Crippen LogP contribution in [0.2, 0.25) is 0 Å². The molecule has 0 saturated heterocycles. The van der Waals surface area contributed by atoms with E-state index in [1.807, 2.05) is 0 Å². The largest absolute Gasteiger partial charge is 0.480 e. The number of carbonyl (C=O) groups is 2. The van der Waals surface area contributed by atoms with Gasteiger partial charge in [-0.1, -0.05) is 0 Å². The number of carbonyl (C=O) groups excluding carboxylic acids is 1. The average Bonchev–Trinajstić information content (AvgIpc) is 2.33. The molecule has 8 nitrogen and oxygen atoms in total. The van der Waals surface area contributed by atoms with Crippen molar-refractivity contribution in [3.63, 3.8) is 0 Å². The molecule has 2 atom stereocenters. The number of hydrogen-bond donors (Lipinski definition) is 4. The minimum absolute atomic E-state index is 0.0471. The van der Waals surface area contributed by atoms with E-state index in [0.717, 1.165) is 0 Å². The number of ether oxygens (including phenoxy) is 2. The molecule has 0 radical (unpaired) electrons. The highest BCUT2D eigenvalue weighted by atomic mass is 16.5. The first-order valence-corrected chi connectivity index (χ1v) is 5.44. The van der Waals surface area contributed by atoms with Gasteiger partial charge in [0, 0.05) is 33.8 Å². The topological polar surface area (TPSA) is 117 Å². The van der Waals surface area contributed by atoms with E-state index in [1.165, 1.54) is 14.2 Å². The zero-order valence-electron chi connectivity index (χ0n) is 10.5. The quantitative estimate of drug-likeness (QED) is 0.415. The van der Waals surface area contributed by atoms with Gasteiger partial charge < -0.3 is 30.3 Å². The van der Waals surface area contributed by atoms with Crippen LogP contribution in [0.1, 0.15) is 6.42 Å². The molecule has 0 heterocycles. The van der Waals surface area contributed by atoms with E-state index in [0.29, 0.717) is 6.61 Å². The first kappa shape index (κ1) is 16.6. The van der Waals surface area contributed by atoms with Crippen LogP contribution in [0.15, 0.2) is 0 Å². The van der Waals surface area contributed by atoms with Crippen LogP contribution in [0, 0.1) is 0 Å². The number of nitrogens with one attached hydrogen (secondary N) is 2. The van der Waals surface area contributed by atoms with Crippen LogP contribution in [-0.4, -0.2) is 68.3 Å². The van der Waals surface area contributed by atoms with E-state index in [2.05, 4.69) is 10.6 Å². The minimum Gasteiger partial charge on any atom is -0.480 e. The molecule has 0 bridgehead atoms. The fraction of sp³-hybridized carbons (Fsp3) is 0.800. The zero-order chi connectivity index (χ0) is 14.0. The third-order valence-corrected chi connectivity index (χ3v) is 2.20. The Morgan fingerprint density at radius 2 is 2.00 bits per heavy atom. The number of carboxylic acids is 1. The molecular formula is C10H20N2O6. The molecule has 1 unspecified atom stereocenters. The Kier molecular flexibility index (Phi) is 8.89. The van der Waals surface area contributed by atoms with Crippen LogP contribution >= 0.6 is 0 Å². The van der Waals surface area contributed by atoms with Gasteiger partial charge in [-0.15, -0.1) is 0 Å². The summed E-state index contributed by atoms with van der Waals surface area (Å²) >= 11 is 0. The Morgan fingerprint density at radius 1 is 1.33 bits per heavy atom. The average molecular weight is 264 g/mol. The maximum atomic E-state index is 11.4. The monoisotopic (exact) mass is 264 g/mol. The summed E-state index contributed by atoms with van der Waals surface area (Å²) in [4.78, 5) is 22.1. The molecule has 0 aromatic heterocycles. The molecule has 106 valence electrons. The molecule has 0 aliphatic heterocycles. The summed E-state index contributed by atoms with van der Waals surface area (Å²) in [5, 5.41) is 22.1. The van der Waals surface area contributed by atoms with Crippen LogP contribution in [0.5, 0.6) is 0 Å². The van der Waals surface area contributed by atoms with Crippen molar-refractivity contribution in [2.75, 3.05) is 34.0 Å². The fourth-order valence-electron chi connectivity index (χ4n) is 1.20. The third-order valence-electron chi connectivity index (χ3n) is 2.20. The molecular weight excluding hydrogens is 244 g/mol. The minimum atomic E-state index is -1.20. The van der Waals surface area contributed by atoms with Crippen molar-refractivity contribution < 1.29 is 29.3 Å². The standard InChI is InChI=1S/C10H20N2O6/c1-17-6-7(18-2)5-11-10(16)12-8(3-4-13)9(14)15/h7-8,13H,3-6H2,1-2H3,(H,14,15)(H2,11,12,16)/t7?,8-/m1/s1. The van der Waals surface area contributed by atoms with E-state index in [4.69, 9.17) is 19.7 Å². The normalized spacial score (nSPS) is 13.7. The van der Waals surface area contributed by atoms with Gasteiger partial charge in [-0.05, 0) is 0 Å². The predicted molar refractivity (Wildman–Crippen MR) is 62.3 cm³/mol. The van der Waals surface area contributed by atoms with Gasteiger partial charge in [0.15, 0.2) is 0 Å². The second-order valence-corrected chi connectivity index (χ2v) is 3.57. The SMILES string of the molecule is COCC(CNC(=O)N[C@H](CCO)C(=O)O)OC. The number of rotatable bonds is 9. The number of aliphatic hydroxyl groups excluding tert-OH is 1. The molecule has 0 fully saturated rings. The van der Waals surface area contributed by atoms with E-state index < -0.39 is 18.0 Å².